The number of nitro groups is 1. The molecule has 1 aromatic carbocycles. The van der Waals surface area contributed by atoms with E-state index < -0.39 is 4.92 Å². The summed E-state index contributed by atoms with van der Waals surface area (Å²) in [6.45, 7) is 1.35. The number of hydrogen-bond donors (Lipinski definition) is 2. The largest absolute Gasteiger partial charge is 0.382 e. The van der Waals surface area contributed by atoms with Gasteiger partial charge in [-0.25, -0.2) is 0 Å². The molecule has 0 spiro atoms. The molecule has 0 bridgehead atoms. The van der Waals surface area contributed by atoms with Crippen molar-refractivity contribution in [2.24, 2.45) is 0 Å². The van der Waals surface area contributed by atoms with Crippen LogP contribution >= 0.6 is 0 Å². The van der Waals surface area contributed by atoms with E-state index >= 15 is 0 Å². The third-order valence-electron chi connectivity index (χ3n) is 3.86. The van der Waals surface area contributed by atoms with Crippen LogP contribution in [-0.4, -0.2) is 42.4 Å². The Hall–Kier alpha value is -2.15. The lowest BCUT2D eigenvalue weighted by Gasteiger charge is -2.24. The lowest BCUT2D eigenvalue weighted by Crippen LogP contribution is -2.41. The number of rotatable bonds is 5. The summed E-state index contributed by atoms with van der Waals surface area (Å²) < 4.78 is 0. The van der Waals surface area contributed by atoms with Gasteiger partial charge in [-0.1, -0.05) is 12.1 Å². The van der Waals surface area contributed by atoms with Crippen LogP contribution in [0.1, 0.15) is 18.4 Å². The van der Waals surface area contributed by atoms with E-state index in [4.69, 9.17) is 0 Å². The van der Waals surface area contributed by atoms with E-state index in [1.54, 1.807) is 20.2 Å². The highest BCUT2D eigenvalue weighted by Crippen LogP contribution is 2.30. The molecule has 7 heteroatoms. The van der Waals surface area contributed by atoms with E-state index in [9.17, 15) is 14.9 Å². The zero-order valence-electron chi connectivity index (χ0n) is 12.3. The molecule has 114 valence electrons. The van der Waals surface area contributed by atoms with Gasteiger partial charge in [0.05, 0.1) is 11.0 Å². The maximum atomic E-state index is 11.9. The van der Waals surface area contributed by atoms with Crippen molar-refractivity contribution in [3.8, 4) is 0 Å². The topological polar surface area (TPSA) is 87.5 Å². The van der Waals surface area contributed by atoms with Gasteiger partial charge in [-0.15, -0.1) is 0 Å². The molecule has 7 nitrogen and oxygen atoms in total. The smallest absolute Gasteiger partial charge is 0.292 e. The molecular weight excluding hydrogens is 272 g/mol. The van der Waals surface area contributed by atoms with Gasteiger partial charge < -0.3 is 10.6 Å². The summed E-state index contributed by atoms with van der Waals surface area (Å²) in [7, 11) is 3.30. The number of nitrogens with zero attached hydrogens (tertiary/aromatic N) is 2. The molecule has 1 aromatic rings. The minimum Gasteiger partial charge on any atom is -0.382 e. The van der Waals surface area contributed by atoms with Gasteiger partial charge in [-0.2, -0.15) is 0 Å². The first-order valence-corrected chi connectivity index (χ1v) is 6.98. The third kappa shape index (κ3) is 3.13. The van der Waals surface area contributed by atoms with E-state index in [1.807, 2.05) is 6.07 Å². The number of hydrogen-bond acceptors (Lipinski definition) is 5. The van der Waals surface area contributed by atoms with Gasteiger partial charge in [0, 0.05) is 26.7 Å². The molecule has 0 aromatic heterocycles. The SMILES string of the molecule is CNC(=O)C1CCCN1Cc1cccc([N+](=O)[O-])c1NC. The highest BCUT2D eigenvalue weighted by Gasteiger charge is 2.31. The van der Waals surface area contributed by atoms with Gasteiger partial charge >= 0.3 is 0 Å². The second-order valence-electron chi connectivity index (χ2n) is 5.06. The minimum atomic E-state index is -0.393. The molecule has 0 saturated carbocycles. The Kier molecular flexibility index (Phi) is 4.74. The van der Waals surface area contributed by atoms with Crippen LogP contribution in [0, 0.1) is 10.1 Å². The number of benzene rings is 1. The molecule has 1 fully saturated rings. The predicted octanol–water partition coefficient (Wildman–Crippen LogP) is 1.35. The van der Waals surface area contributed by atoms with E-state index in [0.29, 0.717) is 12.2 Å². The Morgan fingerprint density at radius 2 is 2.24 bits per heavy atom. The Morgan fingerprint density at radius 1 is 1.48 bits per heavy atom. The van der Waals surface area contributed by atoms with Crippen LogP contribution in [0.5, 0.6) is 0 Å². The zero-order valence-corrected chi connectivity index (χ0v) is 12.3. The normalized spacial score (nSPS) is 18.5. The Balaban J connectivity index is 2.25. The number of likely N-dealkylation sites (tertiary alicyclic amines) is 1. The summed E-state index contributed by atoms with van der Waals surface area (Å²) in [6.07, 6.45) is 1.78. The number of carbonyl (C=O) groups excluding carboxylic acids is 1. The van der Waals surface area contributed by atoms with Crippen LogP contribution in [0.4, 0.5) is 11.4 Å². The fraction of sp³-hybridized carbons (Fsp3) is 0.500. The fourth-order valence-electron chi connectivity index (χ4n) is 2.86. The highest BCUT2D eigenvalue weighted by atomic mass is 16.6. The molecule has 21 heavy (non-hydrogen) atoms. The lowest BCUT2D eigenvalue weighted by atomic mass is 10.1. The zero-order chi connectivity index (χ0) is 15.4. The standard InChI is InChI=1S/C14H20N4O3/c1-15-13-10(5-3-6-11(13)18(20)21)9-17-8-4-7-12(17)14(19)16-2/h3,5-6,12,15H,4,7-9H2,1-2H3,(H,16,19). The summed E-state index contributed by atoms with van der Waals surface area (Å²) in [5, 5.41) is 16.7. The second-order valence-corrected chi connectivity index (χ2v) is 5.06. The second kappa shape index (κ2) is 6.53. The van der Waals surface area contributed by atoms with Crippen LogP contribution in [0.15, 0.2) is 18.2 Å². The fourth-order valence-corrected chi connectivity index (χ4v) is 2.86. The monoisotopic (exact) mass is 292 g/mol. The molecule has 2 N–H and O–H groups in total. The van der Waals surface area contributed by atoms with E-state index in [-0.39, 0.29) is 17.6 Å². The van der Waals surface area contributed by atoms with Crippen molar-refractivity contribution >= 4 is 17.3 Å². The number of anilines is 1. The summed E-state index contributed by atoms with van der Waals surface area (Å²) in [5.74, 6) is 0.00365. The van der Waals surface area contributed by atoms with Crippen molar-refractivity contribution in [3.63, 3.8) is 0 Å². The first-order valence-electron chi connectivity index (χ1n) is 6.98. The van der Waals surface area contributed by atoms with Gasteiger partial charge in [0.2, 0.25) is 5.91 Å². The summed E-state index contributed by atoms with van der Waals surface area (Å²) in [5.41, 5.74) is 1.42. The number of likely N-dealkylation sites (N-methyl/N-ethyl adjacent to an activating group) is 1. The van der Waals surface area contributed by atoms with Gasteiger partial charge in [-0.05, 0) is 24.9 Å². The molecule has 1 aliphatic rings. The number of carbonyl (C=O) groups is 1. The summed E-state index contributed by atoms with van der Waals surface area (Å²) in [6, 6.07) is 4.87. The van der Waals surface area contributed by atoms with Gasteiger partial charge in [0.1, 0.15) is 5.69 Å². The van der Waals surface area contributed by atoms with E-state index in [0.717, 1.165) is 24.9 Å². The summed E-state index contributed by atoms with van der Waals surface area (Å²) in [4.78, 5) is 24.6. The van der Waals surface area contributed by atoms with Crippen LogP contribution < -0.4 is 10.6 Å². The third-order valence-corrected chi connectivity index (χ3v) is 3.86. The van der Waals surface area contributed by atoms with Crippen LogP contribution in [0.25, 0.3) is 0 Å². The first-order chi connectivity index (χ1) is 10.1. The molecule has 1 heterocycles. The Labute approximate surface area is 123 Å². The molecule has 1 amide bonds. The van der Waals surface area contributed by atoms with Gasteiger partial charge in [0.15, 0.2) is 0 Å². The van der Waals surface area contributed by atoms with Crippen molar-refractivity contribution in [1.82, 2.24) is 10.2 Å². The predicted molar refractivity (Wildman–Crippen MR) is 80.1 cm³/mol. The van der Waals surface area contributed by atoms with Crippen molar-refractivity contribution in [2.75, 3.05) is 26.0 Å². The molecule has 1 unspecified atom stereocenters. The maximum Gasteiger partial charge on any atom is 0.292 e. The van der Waals surface area contributed by atoms with Crippen molar-refractivity contribution < 1.29 is 9.72 Å². The van der Waals surface area contributed by atoms with Gasteiger partial charge in [0.25, 0.3) is 5.69 Å². The molecule has 0 aliphatic carbocycles. The quantitative estimate of drug-likeness (QED) is 0.632. The number of nitrogens with one attached hydrogen (secondary N) is 2. The molecular formula is C14H20N4O3. The molecule has 1 aliphatic heterocycles. The number of para-hydroxylation sites is 1. The average molecular weight is 292 g/mol. The van der Waals surface area contributed by atoms with E-state index in [2.05, 4.69) is 15.5 Å². The highest BCUT2D eigenvalue weighted by molar-refractivity contribution is 5.81. The number of nitro benzene ring substituents is 1. The minimum absolute atomic E-state index is 0.00365. The van der Waals surface area contributed by atoms with Crippen molar-refractivity contribution in [1.29, 1.82) is 0 Å². The lowest BCUT2D eigenvalue weighted by molar-refractivity contribution is -0.384. The van der Waals surface area contributed by atoms with Crippen molar-refractivity contribution in [3.05, 3.63) is 33.9 Å². The first kappa shape index (κ1) is 15.2. The molecule has 2 rings (SSSR count). The van der Waals surface area contributed by atoms with Crippen LogP contribution in [-0.2, 0) is 11.3 Å². The average Bonchev–Trinajstić information content (AvgIpc) is 2.94. The molecule has 0 radical (unpaired) electrons. The van der Waals surface area contributed by atoms with E-state index in [1.165, 1.54) is 6.07 Å². The Morgan fingerprint density at radius 3 is 2.86 bits per heavy atom. The van der Waals surface area contributed by atoms with Gasteiger partial charge in [-0.3, -0.25) is 19.8 Å². The molecule has 1 saturated heterocycles. The number of amides is 1. The summed E-state index contributed by atoms with van der Waals surface area (Å²) >= 11 is 0. The van der Waals surface area contributed by atoms with Crippen LogP contribution in [0.3, 0.4) is 0 Å². The Bertz CT molecular complexity index is 547. The maximum absolute atomic E-state index is 11.9. The van der Waals surface area contributed by atoms with Crippen LogP contribution in [0.2, 0.25) is 0 Å². The van der Waals surface area contributed by atoms with Crippen molar-refractivity contribution in [2.45, 2.75) is 25.4 Å². The molecule has 1 atom stereocenters.